The highest BCUT2D eigenvalue weighted by Crippen LogP contribution is 2.25. The monoisotopic (exact) mass is 283 g/mol. The average molecular weight is 284 g/mol. The Morgan fingerprint density at radius 1 is 1.22 bits per heavy atom. The molecule has 0 bridgehead atoms. The fraction of sp³-hybridized carbons (Fsp3) is 0.333. The highest BCUT2D eigenvalue weighted by molar-refractivity contribution is 6.35. The predicted molar refractivity (Wildman–Crippen MR) is 69.6 cm³/mol. The van der Waals surface area contributed by atoms with E-state index >= 15 is 0 Å². The van der Waals surface area contributed by atoms with Gasteiger partial charge in [0.05, 0.1) is 6.54 Å². The second-order valence-corrected chi connectivity index (χ2v) is 5.20. The van der Waals surface area contributed by atoms with Crippen LogP contribution in [0.25, 0.3) is 11.4 Å². The van der Waals surface area contributed by atoms with Gasteiger partial charge in [0.25, 0.3) is 0 Å². The standard InChI is InChI=1S/C12H11Cl2N3O/c13-8-3-7(4-9(14)5-8)12-16-11(18-17-12)6-15-10-1-2-10/h3-5,10,15H,1-2,6H2. The minimum Gasteiger partial charge on any atom is -0.338 e. The van der Waals surface area contributed by atoms with Gasteiger partial charge in [0.1, 0.15) is 0 Å². The van der Waals surface area contributed by atoms with Crippen molar-refractivity contribution >= 4 is 23.2 Å². The van der Waals surface area contributed by atoms with Gasteiger partial charge < -0.3 is 9.84 Å². The summed E-state index contributed by atoms with van der Waals surface area (Å²) in [5, 5.41) is 8.35. The lowest BCUT2D eigenvalue weighted by atomic mass is 10.2. The first kappa shape index (κ1) is 12.0. The Kier molecular flexibility index (Phi) is 3.24. The van der Waals surface area contributed by atoms with Crippen LogP contribution < -0.4 is 5.32 Å². The molecule has 1 N–H and O–H groups in total. The quantitative estimate of drug-likeness (QED) is 0.936. The minimum absolute atomic E-state index is 0.506. The Balaban J connectivity index is 1.78. The normalized spacial score (nSPS) is 15.0. The van der Waals surface area contributed by atoms with Crippen LogP contribution in [0.4, 0.5) is 0 Å². The van der Waals surface area contributed by atoms with Crippen LogP contribution in [0.3, 0.4) is 0 Å². The molecular formula is C12H11Cl2N3O. The molecule has 94 valence electrons. The van der Waals surface area contributed by atoms with Crippen LogP contribution >= 0.6 is 23.2 Å². The molecule has 18 heavy (non-hydrogen) atoms. The molecule has 0 saturated heterocycles. The minimum atomic E-state index is 0.506. The van der Waals surface area contributed by atoms with Gasteiger partial charge in [0, 0.05) is 21.7 Å². The molecule has 4 nitrogen and oxygen atoms in total. The molecule has 0 radical (unpaired) electrons. The van der Waals surface area contributed by atoms with Crippen molar-refractivity contribution in [2.45, 2.75) is 25.4 Å². The maximum absolute atomic E-state index is 5.93. The number of halogens is 2. The Morgan fingerprint density at radius 3 is 2.61 bits per heavy atom. The Labute approximate surface area is 114 Å². The second-order valence-electron chi connectivity index (χ2n) is 4.33. The van der Waals surface area contributed by atoms with Gasteiger partial charge in [-0.2, -0.15) is 4.98 Å². The smallest absolute Gasteiger partial charge is 0.240 e. The van der Waals surface area contributed by atoms with Crippen LogP contribution in [0.15, 0.2) is 22.7 Å². The molecule has 3 rings (SSSR count). The number of hydrogen-bond donors (Lipinski definition) is 1. The lowest BCUT2D eigenvalue weighted by Crippen LogP contribution is -2.15. The van der Waals surface area contributed by atoms with Crippen molar-refractivity contribution in [3.8, 4) is 11.4 Å². The molecule has 0 amide bonds. The molecule has 1 aromatic heterocycles. The van der Waals surface area contributed by atoms with Gasteiger partial charge >= 0.3 is 0 Å². The van der Waals surface area contributed by atoms with Crippen molar-refractivity contribution in [2.24, 2.45) is 0 Å². The summed E-state index contributed by atoms with van der Waals surface area (Å²) in [6, 6.07) is 5.80. The largest absolute Gasteiger partial charge is 0.338 e. The van der Waals surface area contributed by atoms with E-state index < -0.39 is 0 Å². The zero-order valence-electron chi connectivity index (χ0n) is 9.49. The van der Waals surface area contributed by atoms with Gasteiger partial charge in [-0.25, -0.2) is 0 Å². The Hall–Kier alpha value is -1.10. The molecule has 1 heterocycles. The van der Waals surface area contributed by atoms with Gasteiger partial charge in [0.2, 0.25) is 11.7 Å². The van der Waals surface area contributed by atoms with Crippen molar-refractivity contribution < 1.29 is 4.52 Å². The van der Waals surface area contributed by atoms with Crippen LogP contribution in [0.5, 0.6) is 0 Å². The summed E-state index contributed by atoms with van der Waals surface area (Å²) >= 11 is 11.9. The lowest BCUT2D eigenvalue weighted by molar-refractivity contribution is 0.367. The fourth-order valence-corrected chi connectivity index (χ4v) is 2.17. The highest BCUT2D eigenvalue weighted by atomic mass is 35.5. The summed E-state index contributed by atoms with van der Waals surface area (Å²) in [5.41, 5.74) is 0.758. The van der Waals surface area contributed by atoms with E-state index in [0.717, 1.165) is 5.56 Å². The van der Waals surface area contributed by atoms with Crippen molar-refractivity contribution in [1.82, 2.24) is 15.5 Å². The SMILES string of the molecule is Clc1cc(Cl)cc(-c2noc(CNC3CC3)n2)c1. The van der Waals surface area contributed by atoms with E-state index in [-0.39, 0.29) is 0 Å². The Bertz CT molecular complexity index is 546. The van der Waals surface area contributed by atoms with Crippen molar-refractivity contribution in [3.05, 3.63) is 34.1 Å². The second kappa shape index (κ2) is 4.88. The van der Waals surface area contributed by atoms with Gasteiger partial charge in [-0.3, -0.25) is 0 Å². The summed E-state index contributed by atoms with van der Waals surface area (Å²) in [7, 11) is 0. The molecule has 0 aliphatic heterocycles. The van der Waals surface area contributed by atoms with Gasteiger partial charge in [0.15, 0.2) is 0 Å². The molecule has 1 fully saturated rings. The molecule has 1 aromatic carbocycles. The summed E-state index contributed by atoms with van der Waals surface area (Å²) in [6.45, 7) is 0.603. The topological polar surface area (TPSA) is 51.0 Å². The number of benzene rings is 1. The number of rotatable bonds is 4. The van der Waals surface area contributed by atoms with E-state index in [1.165, 1.54) is 12.8 Å². The Morgan fingerprint density at radius 2 is 1.94 bits per heavy atom. The third-order valence-corrected chi connectivity index (χ3v) is 3.14. The number of aromatic nitrogens is 2. The van der Waals surface area contributed by atoms with Crippen molar-refractivity contribution in [3.63, 3.8) is 0 Å². The molecule has 0 spiro atoms. The average Bonchev–Trinajstić information content (AvgIpc) is 3.02. The van der Waals surface area contributed by atoms with Gasteiger partial charge in [-0.15, -0.1) is 0 Å². The van der Waals surface area contributed by atoms with E-state index in [1.54, 1.807) is 18.2 Å². The van der Waals surface area contributed by atoms with Crippen LogP contribution in [0.1, 0.15) is 18.7 Å². The molecule has 2 aromatic rings. The molecule has 1 aliphatic rings. The summed E-state index contributed by atoms with van der Waals surface area (Å²) in [4.78, 5) is 4.30. The lowest BCUT2D eigenvalue weighted by Gasteiger charge is -1.97. The molecule has 0 unspecified atom stereocenters. The van der Waals surface area contributed by atoms with Gasteiger partial charge in [-0.05, 0) is 31.0 Å². The van der Waals surface area contributed by atoms with Crippen molar-refractivity contribution in [2.75, 3.05) is 0 Å². The van der Waals surface area contributed by atoms with E-state index in [0.29, 0.717) is 34.3 Å². The maximum Gasteiger partial charge on any atom is 0.240 e. The van der Waals surface area contributed by atoms with E-state index in [9.17, 15) is 0 Å². The highest BCUT2D eigenvalue weighted by Gasteiger charge is 2.21. The fourth-order valence-electron chi connectivity index (χ4n) is 1.65. The van der Waals surface area contributed by atoms with Crippen LogP contribution in [-0.4, -0.2) is 16.2 Å². The number of nitrogens with zero attached hydrogens (tertiary/aromatic N) is 2. The third kappa shape index (κ3) is 2.83. The number of hydrogen-bond acceptors (Lipinski definition) is 4. The van der Waals surface area contributed by atoms with Gasteiger partial charge in [-0.1, -0.05) is 28.4 Å². The summed E-state index contributed by atoms with van der Waals surface area (Å²) in [5.74, 6) is 1.08. The molecule has 6 heteroatoms. The van der Waals surface area contributed by atoms with Crippen LogP contribution in [0, 0.1) is 0 Å². The summed E-state index contributed by atoms with van der Waals surface area (Å²) < 4.78 is 5.17. The summed E-state index contributed by atoms with van der Waals surface area (Å²) in [6.07, 6.45) is 2.45. The maximum atomic E-state index is 5.93. The van der Waals surface area contributed by atoms with E-state index in [1.807, 2.05) is 0 Å². The first-order chi connectivity index (χ1) is 8.70. The van der Waals surface area contributed by atoms with Crippen LogP contribution in [0.2, 0.25) is 10.0 Å². The van der Waals surface area contributed by atoms with E-state index in [2.05, 4.69) is 15.5 Å². The third-order valence-electron chi connectivity index (χ3n) is 2.71. The predicted octanol–water partition coefficient (Wildman–Crippen LogP) is 3.30. The van der Waals surface area contributed by atoms with E-state index in [4.69, 9.17) is 27.7 Å². The zero-order chi connectivity index (χ0) is 12.5. The van der Waals surface area contributed by atoms with Crippen molar-refractivity contribution in [1.29, 1.82) is 0 Å². The molecule has 0 atom stereocenters. The first-order valence-electron chi connectivity index (χ1n) is 5.73. The molecular weight excluding hydrogens is 273 g/mol. The molecule has 1 aliphatic carbocycles. The molecule has 1 saturated carbocycles. The van der Waals surface area contributed by atoms with Crippen LogP contribution in [-0.2, 0) is 6.54 Å². The zero-order valence-corrected chi connectivity index (χ0v) is 11.0. The number of nitrogens with one attached hydrogen (secondary N) is 1. The first-order valence-corrected chi connectivity index (χ1v) is 6.49.